The van der Waals surface area contributed by atoms with Crippen LogP contribution in [0.2, 0.25) is 0 Å². The third kappa shape index (κ3) is 7.35. The van der Waals surface area contributed by atoms with Gasteiger partial charge in [0.25, 0.3) is 0 Å². The fourth-order valence-corrected chi connectivity index (χ4v) is 2.49. The molecule has 1 heterocycles. The van der Waals surface area contributed by atoms with Gasteiger partial charge in [-0.15, -0.1) is 6.58 Å². The highest BCUT2D eigenvalue weighted by Gasteiger charge is 2.52. The highest BCUT2D eigenvalue weighted by Crippen LogP contribution is 2.29. The van der Waals surface area contributed by atoms with Crippen LogP contribution in [0.15, 0.2) is 12.7 Å². The van der Waals surface area contributed by atoms with Crippen LogP contribution in [-0.2, 0) is 47.6 Å². The van der Waals surface area contributed by atoms with Gasteiger partial charge in [-0.1, -0.05) is 6.08 Å². The summed E-state index contributed by atoms with van der Waals surface area (Å²) in [6.45, 7) is 7.93. The van der Waals surface area contributed by atoms with Crippen molar-refractivity contribution in [3.8, 4) is 0 Å². The zero-order valence-electron chi connectivity index (χ0n) is 15.7. The predicted molar refractivity (Wildman–Crippen MR) is 88.1 cm³/mol. The summed E-state index contributed by atoms with van der Waals surface area (Å²) in [6, 6.07) is 0. The Hall–Kier alpha value is -2.46. The Morgan fingerprint density at radius 1 is 0.852 bits per heavy atom. The molecule has 2 unspecified atom stereocenters. The topological polar surface area (TPSA) is 124 Å². The van der Waals surface area contributed by atoms with Crippen LogP contribution >= 0.6 is 0 Å². The molecule has 27 heavy (non-hydrogen) atoms. The molecule has 1 saturated heterocycles. The molecule has 1 fully saturated rings. The van der Waals surface area contributed by atoms with E-state index in [-0.39, 0.29) is 13.2 Å². The molecule has 0 N–H and O–H groups in total. The van der Waals surface area contributed by atoms with E-state index in [9.17, 15) is 19.2 Å². The molecule has 10 nitrogen and oxygen atoms in total. The lowest BCUT2D eigenvalue weighted by atomic mass is 9.98. The second-order valence-corrected chi connectivity index (χ2v) is 5.69. The van der Waals surface area contributed by atoms with Crippen LogP contribution in [0.5, 0.6) is 0 Å². The van der Waals surface area contributed by atoms with E-state index < -0.39 is 54.6 Å². The van der Waals surface area contributed by atoms with Gasteiger partial charge in [0.1, 0.15) is 18.8 Å². The molecule has 0 bridgehead atoms. The average molecular weight is 388 g/mol. The number of esters is 4. The van der Waals surface area contributed by atoms with Gasteiger partial charge < -0.3 is 28.4 Å². The maximum absolute atomic E-state index is 11.5. The molecule has 0 spiro atoms. The van der Waals surface area contributed by atoms with Gasteiger partial charge in [0.15, 0.2) is 12.2 Å². The van der Waals surface area contributed by atoms with Crippen molar-refractivity contribution in [1.82, 2.24) is 0 Å². The largest absolute Gasteiger partial charge is 0.463 e. The van der Waals surface area contributed by atoms with Gasteiger partial charge in [-0.2, -0.15) is 0 Å². The third-order valence-corrected chi connectivity index (χ3v) is 3.33. The maximum Gasteiger partial charge on any atom is 0.305 e. The van der Waals surface area contributed by atoms with Crippen LogP contribution in [-0.4, -0.2) is 67.8 Å². The van der Waals surface area contributed by atoms with Crippen molar-refractivity contribution in [2.24, 2.45) is 0 Å². The number of rotatable bonds is 8. The summed E-state index contributed by atoms with van der Waals surface area (Å²) in [4.78, 5) is 45.6. The van der Waals surface area contributed by atoms with E-state index in [1.807, 2.05) is 0 Å². The van der Waals surface area contributed by atoms with E-state index in [1.165, 1.54) is 19.9 Å². The smallest absolute Gasteiger partial charge is 0.305 e. The molecule has 1 aliphatic heterocycles. The lowest BCUT2D eigenvalue weighted by Gasteiger charge is -2.43. The summed E-state index contributed by atoms with van der Waals surface area (Å²) in [5.74, 6) is -2.63. The van der Waals surface area contributed by atoms with E-state index >= 15 is 0 Å². The summed E-state index contributed by atoms with van der Waals surface area (Å²) in [5, 5.41) is 0. The number of ether oxygens (including phenoxy) is 6. The Labute approximate surface area is 156 Å². The van der Waals surface area contributed by atoms with Crippen LogP contribution in [0.1, 0.15) is 27.7 Å². The van der Waals surface area contributed by atoms with E-state index in [0.29, 0.717) is 0 Å². The van der Waals surface area contributed by atoms with Crippen molar-refractivity contribution in [2.75, 3.05) is 13.2 Å². The highest BCUT2D eigenvalue weighted by molar-refractivity contribution is 5.68. The van der Waals surface area contributed by atoms with Gasteiger partial charge in [-0.3, -0.25) is 19.2 Å². The molecule has 0 aromatic rings. The Morgan fingerprint density at radius 2 is 1.41 bits per heavy atom. The van der Waals surface area contributed by atoms with Crippen LogP contribution in [0, 0.1) is 0 Å². The van der Waals surface area contributed by atoms with E-state index in [1.54, 1.807) is 0 Å². The second-order valence-electron chi connectivity index (χ2n) is 5.69. The van der Waals surface area contributed by atoms with Crippen LogP contribution in [0.3, 0.4) is 0 Å². The minimum Gasteiger partial charge on any atom is -0.463 e. The van der Waals surface area contributed by atoms with Gasteiger partial charge in [0, 0.05) is 27.7 Å². The molecule has 0 radical (unpaired) electrons. The molecule has 10 heteroatoms. The average Bonchev–Trinajstić information content (AvgIpc) is 2.53. The molecule has 0 amide bonds. The zero-order chi connectivity index (χ0) is 20.6. The highest BCUT2D eigenvalue weighted by atomic mass is 16.7. The van der Waals surface area contributed by atoms with E-state index in [4.69, 9.17) is 28.4 Å². The number of hydrogen-bond acceptors (Lipinski definition) is 10. The fourth-order valence-electron chi connectivity index (χ4n) is 2.49. The first-order chi connectivity index (χ1) is 12.6. The van der Waals surface area contributed by atoms with Gasteiger partial charge in [0.2, 0.25) is 6.29 Å². The SMILES string of the molecule is C=CCO[C@H]1C(OC(C)=O)[C@H](OC(C)=O)OC(COC(C)=O)[C@H]1OC(C)=O. The van der Waals surface area contributed by atoms with Crippen molar-refractivity contribution in [3.05, 3.63) is 12.7 Å². The molecule has 0 aromatic heterocycles. The second kappa shape index (κ2) is 10.6. The van der Waals surface area contributed by atoms with Crippen molar-refractivity contribution >= 4 is 23.9 Å². The van der Waals surface area contributed by atoms with Crippen LogP contribution in [0.4, 0.5) is 0 Å². The fraction of sp³-hybridized carbons (Fsp3) is 0.647. The quantitative estimate of drug-likeness (QED) is 0.325. The molecule has 0 aliphatic carbocycles. The van der Waals surface area contributed by atoms with Gasteiger partial charge in [-0.05, 0) is 0 Å². The molecule has 0 saturated carbocycles. The summed E-state index contributed by atoms with van der Waals surface area (Å²) in [7, 11) is 0. The summed E-state index contributed by atoms with van der Waals surface area (Å²) < 4.78 is 31.7. The van der Waals surface area contributed by atoms with Crippen molar-refractivity contribution in [3.63, 3.8) is 0 Å². The Bertz CT molecular complexity index is 572. The Kier molecular flexibility index (Phi) is 8.89. The lowest BCUT2D eigenvalue weighted by Crippen LogP contribution is -2.62. The summed E-state index contributed by atoms with van der Waals surface area (Å²) in [6.07, 6.45) is -4.32. The number of hydrogen-bond donors (Lipinski definition) is 0. The predicted octanol–water partition coefficient (Wildman–Crippen LogP) is 0.272. The lowest BCUT2D eigenvalue weighted by molar-refractivity contribution is -0.303. The molecule has 1 rings (SSSR count). The maximum atomic E-state index is 11.5. The summed E-state index contributed by atoms with van der Waals surface area (Å²) >= 11 is 0. The minimum absolute atomic E-state index is 0.0211. The normalized spacial score (nSPS) is 27.2. The molecular weight excluding hydrogens is 364 g/mol. The number of carbonyl (C=O) groups excluding carboxylic acids is 4. The standard InChI is InChI=1S/C17H24O10/c1-6-7-22-15-14(24-10(3)19)13(8-23-9(2)18)27-17(26-12(5)21)16(15)25-11(4)20/h6,13-17H,1,7-8H2,2-5H3/t13?,14-,15-,16?,17-/m1/s1. The van der Waals surface area contributed by atoms with E-state index in [0.717, 1.165) is 13.8 Å². The molecule has 1 aliphatic rings. The van der Waals surface area contributed by atoms with Gasteiger partial charge >= 0.3 is 23.9 Å². The molecule has 0 aromatic carbocycles. The van der Waals surface area contributed by atoms with Gasteiger partial charge in [-0.25, -0.2) is 0 Å². The molecular formula is C17H24O10. The van der Waals surface area contributed by atoms with Crippen molar-refractivity contribution in [2.45, 2.75) is 58.4 Å². The van der Waals surface area contributed by atoms with Crippen molar-refractivity contribution in [1.29, 1.82) is 0 Å². The summed E-state index contributed by atoms with van der Waals surface area (Å²) in [5.41, 5.74) is 0. The monoisotopic (exact) mass is 388 g/mol. The van der Waals surface area contributed by atoms with E-state index in [2.05, 4.69) is 6.58 Å². The van der Waals surface area contributed by atoms with Crippen LogP contribution in [0.25, 0.3) is 0 Å². The first kappa shape index (κ1) is 22.6. The Balaban J connectivity index is 3.24. The number of carbonyl (C=O) groups is 4. The molecule has 5 atom stereocenters. The molecule has 152 valence electrons. The Morgan fingerprint density at radius 3 is 1.89 bits per heavy atom. The third-order valence-electron chi connectivity index (χ3n) is 3.33. The van der Waals surface area contributed by atoms with Gasteiger partial charge in [0.05, 0.1) is 6.61 Å². The van der Waals surface area contributed by atoms with Crippen LogP contribution < -0.4 is 0 Å². The minimum atomic E-state index is -1.35. The first-order valence-corrected chi connectivity index (χ1v) is 8.18. The first-order valence-electron chi connectivity index (χ1n) is 8.18. The zero-order valence-corrected chi connectivity index (χ0v) is 15.7. The van der Waals surface area contributed by atoms with Crippen molar-refractivity contribution < 1.29 is 47.6 Å².